The number of ketones is 1. The summed E-state index contributed by atoms with van der Waals surface area (Å²) in [6.45, 7) is 3.77. The highest BCUT2D eigenvalue weighted by atomic mass is 16.7. The lowest BCUT2D eigenvalue weighted by atomic mass is 9.91. The van der Waals surface area contributed by atoms with Crippen LogP contribution in [0.3, 0.4) is 0 Å². The second-order valence-electron chi connectivity index (χ2n) is 7.63. The number of hydrogen-bond donors (Lipinski definition) is 0. The molecular weight excluding hydrogens is 370 g/mol. The number of carbonyl (C=O) groups excluding carboxylic acids is 3. The summed E-state index contributed by atoms with van der Waals surface area (Å²) in [5.41, 5.74) is 2.35. The van der Waals surface area contributed by atoms with Crippen molar-refractivity contribution in [1.29, 1.82) is 0 Å². The minimum Gasteiger partial charge on any atom is -0.350 e. The summed E-state index contributed by atoms with van der Waals surface area (Å²) in [7, 11) is 1.73. The fourth-order valence-corrected chi connectivity index (χ4v) is 3.40. The molecular formula is C23H25NO5. The van der Waals surface area contributed by atoms with Crippen molar-refractivity contribution in [1.82, 2.24) is 0 Å². The first-order valence-electron chi connectivity index (χ1n) is 9.53. The molecule has 1 aliphatic rings. The summed E-state index contributed by atoms with van der Waals surface area (Å²) in [5, 5.41) is 0. The summed E-state index contributed by atoms with van der Waals surface area (Å²) in [6.07, 6.45) is 0.0155. The molecule has 1 amide bonds. The van der Waals surface area contributed by atoms with Gasteiger partial charge < -0.3 is 14.4 Å². The highest BCUT2D eigenvalue weighted by molar-refractivity contribution is 6.27. The van der Waals surface area contributed by atoms with Crippen LogP contribution in [0.2, 0.25) is 0 Å². The van der Waals surface area contributed by atoms with Crippen LogP contribution in [-0.4, -0.2) is 43.5 Å². The Morgan fingerprint density at radius 1 is 1.10 bits per heavy atom. The molecule has 1 heterocycles. The minimum absolute atomic E-state index is 0.0914. The molecule has 2 unspecified atom stereocenters. The molecule has 0 spiro atoms. The van der Waals surface area contributed by atoms with E-state index >= 15 is 0 Å². The van der Waals surface area contributed by atoms with Gasteiger partial charge in [-0.25, -0.2) is 0 Å². The molecule has 152 valence electrons. The smallest absolute Gasteiger partial charge is 0.258 e. The molecule has 0 bridgehead atoms. The number of aldehydes is 1. The van der Waals surface area contributed by atoms with Crippen LogP contribution < -0.4 is 4.90 Å². The van der Waals surface area contributed by atoms with Crippen molar-refractivity contribution >= 4 is 23.7 Å². The van der Waals surface area contributed by atoms with E-state index < -0.39 is 17.7 Å². The van der Waals surface area contributed by atoms with Crippen molar-refractivity contribution in [2.24, 2.45) is 5.92 Å². The predicted octanol–water partition coefficient (Wildman–Crippen LogP) is 3.04. The lowest BCUT2D eigenvalue weighted by Gasteiger charge is -2.39. The minimum atomic E-state index is -0.899. The van der Waals surface area contributed by atoms with Crippen molar-refractivity contribution in [3.05, 3.63) is 65.7 Å². The molecule has 0 N–H and O–H groups in total. The third-order valence-corrected chi connectivity index (χ3v) is 5.03. The maximum atomic E-state index is 12.6. The van der Waals surface area contributed by atoms with Gasteiger partial charge >= 0.3 is 0 Å². The van der Waals surface area contributed by atoms with Gasteiger partial charge in [0.05, 0.1) is 6.61 Å². The third kappa shape index (κ3) is 4.96. The molecule has 0 aliphatic carbocycles. The number of hydrogen-bond acceptors (Lipinski definition) is 5. The summed E-state index contributed by atoms with van der Waals surface area (Å²) in [5.74, 6) is -1.82. The number of amides is 1. The number of anilines is 1. The fourth-order valence-electron chi connectivity index (χ4n) is 3.40. The average molecular weight is 395 g/mol. The maximum Gasteiger partial charge on any atom is 0.258 e. The van der Waals surface area contributed by atoms with E-state index in [4.69, 9.17) is 9.47 Å². The van der Waals surface area contributed by atoms with Crippen molar-refractivity contribution < 1.29 is 23.9 Å². The maximum absolute atomic E-state index is 12.6. The average Bonchev–Trinajstić information content (AvgIpc) is 2.74. The molecule has 6 nitrogen and oxygen atoms in total. The van der Waals surface area contributed by atoms with Gasteiger partial charge in [-0.1, -0.05) is 30.3 Å². The zero-order valence-corrected chi connectivity index (χ0v) is 16.8. The molecule has 2 aromatic carbocycles. The van der Waals surface area contributed by atoms with E-state index in [2.05, 4.69) is 0 Å². The first-order valence-corrected chi connectivity index (χ1v) is 9.53. The zero-order valence-electron chi connectivity index (χ0n) is 16.8. The molecule has 0 radical (unpaired) electrons. The molecule has 1 aliphatic heterocycles. The Balaban J connectivity index is 1.70. The van der Waals surface area contributed by atoms with Crippen molar-refractivity contribution in [2.75, 3.05) is 18.6 Å². The molecule has 1 fully saturated rings. The molecule has 0 aromatic heterocycles. The van der Waals surface area contributed by atoms with Gasteiger partial charge in [0.15, 0.2) is 12.1 Å². The monoisotopic (exact) mass is 395 g/mol. The van der Waals surface area contributed by atoms with E-state index in [9.17, 15) is 14.4 Å². The standard InChI is InChI=1S/C23H25NO5/c1-23(2)28-15-18(21(29-23)20(26)14-25)13-16-9-11-19(12-10-16)24(3)22(27)17-7-5-4-6-8-17/h4-12,14,18,21H,13,15H2,1-3H3. The van der Waals surface area contributed by atoms with E-state index in [0.717, 1.165) is 11.3 Å². The van der Waals surface area contributed by atoms with Crippen LogP contribution in [0, 0.1) is 5.92 Å². The SMILES string of the molecule is CN(C(=O)c1ccccc1)c1ccc(CC2COC(C)(C)OC2C(=O)C=O)cc1. The first-order chi connectivity index (χ1) is 13.8. The molecule has 29 heavy (non-hydrogen) atoms. The van der Waals surface area contributed by atoms with Crippen LogP contribution in [0.5, 0.6) is 0 Å². The first kappa shape index (κ1) is 20.9. The van der Waals surface area contributed by atoms with Crippen molar-refractivity contribution in [3.8, 4) is 0 Å². The number of rotatable bonds is 6. The molecule has 2 atom stereocenters. The Morgan fingerprint density at radius 2 is 1.76 bits per heavy atom. The van der Waals surface area contributed by atoms with Crippen LogP contribution in [0.15, 0.2) is 54.6 Å². The number of carbonyl (C=O) groups is 3. The highest BCUT2D eigenvalue weighted by Crippen LogP contribution is 2.29. The fraction of sp³-hybridized carbons (Fsp3) is 0.348. The molecule has 6 heteroatoms. The van der Waals surface area contributed by atoms with Crippen LogP contribution in [0.1, 0.15) is 29.8 Å². The molecule has 3 rings (SSSR count). The number of benzene rings is 2. The van der Waals surface area contributed by atoms with Crippen LogP contribution in [-0.2, 0) is 25.5 Å². The lowest BCUT2D eigenvalue weighted by Crippen LogP contribution is -2.50. The Kier molecular flexibility index (Phi) is 6.25. The van der Waals surface area contributed by atoms with Gasteiger partial charge in [0.25, 0.3) is 5.91 Å². The Labute approximate surface area is 170 Å². The van der Waals surface area contributed by atoms with E-state index in [0.29, 0.717) is 24.9 Å². The molecule has 1 saturated heterocycles. The lowest BCUT2D eigenvalue weighted by molar-refractivity contribution is -0.284. The van der Waals surface area contributed by atoms with Crippen LogP contribution >= 0.6 is 0 Å². The number of nitrogens with zero attached hydrogens (tertiary/aromatic N) is 1. The van der Waals surface area contributed by atoms with Gasteiger partial charge in [0.2, 0.25) is 5.78 Å². The van der Waals surface area contributed by atoms with Gasteiger partial charge in [-0.05, 0) is 50.1 Å². The van der Waals surface area contributed by atoms with E-state index in [1.165, 1.54) is 0 Å². The number of ether oxygens (including phenoxy) is 2. The van der Waals surface area contributed by atoms with Gasteiger partial charge in [-0.15, -0.1) is 0 Å². The Hall–Kier alpha value is -2.83. The second-order valence-corrected chi connectivity index (χ2v) is 7.63. The van der Waals surface area contributed by atoms with Crippen molar-refractivity contribution in [3.63, 3.8) is 0 Å². The zero-order chi connectivity index (χ0) is 21.0. The van der Waals surface area contributed by atoms with Gasteiger partial charge in [-0.3, -0.25) is 14.4 Å². The normalized spacial score (nSPS) is 20.7. The van der Waals surface area contributed by atoms with Gasteiger partial charge in [0.1, 0.15) is 6.10 Å². The largest absolute Gasteiger partial charge is 0.350 e. The second kappa shape index (κ2) is 8.68. The summed E-state index contributed by atoms with van der Waals surface area (Å²) < 4.78 is 11.4. The summed E-state index contributed by atoms with van der Waals surface area (Å²) in [4.78, 5) is 37.2. The summed E-state index contributed by atoms with van der Waals surface area (Å²) >= 11 is 0. The van der Waals surface area contributed by atoms with E-state index in [1.807, 2.05) is 42.5 Å². The topological polar surface area (TPSA) is 72.9 Å². The van der Waals surface area contributed by atoms with Crippen molar-refractivity contribution in [2.45, 2.75) is 32.2 Å². The Bertz CT molecular complexity index is 876. The van der Waals surface area contributed by atoms with Gasteiger partial charge in [-0.2, -0.15) is 0 Å². The third-order valence-electron chi connectivity index (χ3n) is 5.03. The molecule has 0 saturated carbocycles. The van der Waals surface area contributed by atoms with Gasteiger partial charge in [0, 0.05) is 24.2 Å². The van der Waals surface area contributed by atoms with Crippen LogP contribution in [0.25, 0.3) is 0 Å². The van der Waals surface area contributed by atoms with Crippen LogP contribution in [0.4, 0.5) is 5.69 Å². The quantitative estimate of drug-likeness (QED) is 0.555. The highest BCUT2D eigenvalue weighted by Gasteiger charge is 2.40. The predicted molar refractivity (Wildman–Crippen MR) is 109 cm³/mol. The summed E-state index contributed by atoms with van der Waals surface area (Å²) in [6, 6.07) is 16.6. The van der Waals surface area contributed by atoms with E-state index in [-0.39, 0.29) is 11.8 Å². The molecule has 2 aromatic rings. The number of Topliss-reactive ketones (excluding diaryl/α,β-unsaturated/α-hetero) is 1. The Morgan fingerprint density at radius 3 is 2.38 bits per heavy atom. The van der Waals surface area contributed by atoms with E-state index in [1.54, 1.807) is 37.9 Å².